The summed E-state index contributed by atoms with van der Waals surface area (Å²) in [6.45, 7) is 12.1. The molecule has 40 heavy (non-hydrogen) atoms. The van der Waals surface area contributed by atoms with E-state index in [1.54, 1.807) is 0 Å². The van der Waals surface area contributed by atoms with Gasteiger partial charge in [0.15, 0.2) is 0 Å². The second kappa shape index (κ2) is 30.8. The molecule has 6 nitrogen and oxygen atoms in total. The Morgan fingerprint density at radius 1 is 0.525 bits per heavy atom. The fourth-order valence-corrected chi connectivity index (χ4v) is 5.17. The Morgan fingerprint density at radius 3 is 1.57 bits per heavy atom. The third-order valence-corrected chi connectivity index (χ3v) is 7.81. The van der Waals surface area contributed by atoms with Gasteiger partial charge in [-0.2, -0.15) is 0 Å². The monoisotopic (exact) mass is 569 g/mol. The minimum atomic E-state index is -0.0426. The van der Waals surface area contributed by atoms with Gasteiger partial charge in [-0.3, -0.25) is 9.59 Å². The van der Waals surface area contributed by atoms with Gasteiger partial charge in [0.05, 0.1) is 13.2 Å². The molecule has 0 aromatic heterocycles. The van der Waals surface area contributed by atoms with Crippen LogP contribution in [0.15, 0.2) is 0 Å². The maximum absolute atomic E-state index is 12.8. The molecule has 0 aliphatic heterocycles. The van der Waals surface area contributed by atoms with Crippen LogP contribution in [0.4, 0.5) is 0 Å². The zero-order valence-electron chi connectivity index (χ0n) is 27.1. The number of unbranched alkanes of at least 4 members (excludes halogenated alkanes) is 15. The van der Waals surface area contributed by atoms with Gasteiger partial charge in [0.1, 0.15) is 0 Å². The number of aliphatic hydroxyl groups is 1. The largest absolute Gasteiger partial charge is 0.466 e. The van der Waals surface area contributed by atoms with E-state index in [9.17, 15) is 14.7 Å². The number of esters is 1. The summed E-state index contributed by atoms with van der Waals surface area (Å²) in [5, 5.41) is 9.45. The van der Waals surface area contributed by atoms with E-state index >= 15 is 0 Å². The molecule has 0 aromatic rings. The highest BCUT2D eigenvalue weighted by Crippen LogP contribution is 2.12. The molecule has 0 radical (unpaired) electrons. The Bertz CT molecular complexity index is 558. The highest BCUT2D eigenvalue weighted by molar-refractivity contribution is 5.76. The van der Waals surface area contributed by atoms with Crippen molar-refractivity contribution in [2.45, 2.75) is 162 Å². The third kappa shape index (κ3) is 25.8. The van der Waals surface area contributed by atoms with E-state index < -0.39 is 0 Å². The number of rotatable bonds is 31. The Balaban J connectivity index is 3.88. The first-order valence-corrected chi connectivity index (χ1v) is 17.4. The molecule has 0 heterocycles. The average Bonchev–Trinajstić information content (AvgIpc) is 2.95. The minimum Gasteiger partial charge on any atom is -0.466 e. The van der Waals surface area contributed by atoms with Gasteiger partial charge >= 0.3 is 5.97 Å². The summed E-state index contributed by atoms with van der Waals surface area (Å²) in [5.41, 5.74) is 0. The summed E-state index contributed by atoms with van der Waals surface area (Å²) < 4.78 is 5.27. The topological polar surface area (TPSA) is 70.1 Å². The lowest BCUT2D eigenvalue weighted by Crippen LogP contribution is -2.32. The lowest BCUT2D eigenvalue weighted by Gasteiger charge is -2.23. The van der Waals surface area contributed by atoms with Crippen LogP contribution in [-0.4, -0.2) is 72.7 Å². The zero-order valence-corrected chi connectivity index (χ0v) is 27.1. The summed E-state index contributed by atoms with van der Waals surface area (Å²) in [5.74, 6) is 0.322. The summed E-state index contributed by atoms with van der Waals surface area (Å²) in [4.78, 5) is 29.1. The molecule has 1 N–H and O–H groups in total. The molecule has 0 unspecified atom stereocenters. The number of ether oxygens (including phenoxy) is 1. The van der Waals surface area contributed by atoms with E-state index in [1.807, 2.05) is 0 Å². The van der Waals surface area contributed by atoms with Crippen molar-refractivity contribution in [3.05, 3.63) is 0 Å². The molecular formula is C34H68N2O4. The van der Waals surface area contributed by atoms with Crippen molar-refractivity contribution in [3.63, 3.8) is 0 Å². The number of aliphatic hydroxyl groups excluding tert-OH is 1. The van der Waals surface area contributed by atoms with Crippen LogP contribution in [0.2, 0.25) is 0 Å². The molecule has 0 spiro atoms. The van der Waals surface area contributed by atoms with Gasteiger partial charge in [-0.25, -0.2) is 0 Å². The van der Waals surface area contributed by atoms with Crippen molar-refractivity contribution in [1.29, 1.82) is 0 Å². The summed E-state index contributed by atoms with van der Waals surface area (Å²) in [7, 11) is 0. The third-order valence-electron chi connectivity index (χ3n) is 7.81. The fraction of sp³-hybridized carbons (Fsp3) is 0.941. The number of carbonyl (C=O) groups excluding carboxylic acids is 2. The fourth-order valence-electron chi connectivity index (χ4n) is 5.17. The number of carbonyl (C=O) groups is 2. The molecule has 0 aliphatic carbocycles. The van der Waals surface area contributed by atoms with Crippen LogP contribution in [-0.2, 0) is 14.3 Å². The molecule has 238 valence electrons. The molecule has 1 amide bonds. The van der Waals surface area contributed by atoms with E-state index in [4.69, 9.17) is 4.74 Å². The molecule has 0 bridgehead atoms. The van der Waals surface area contributed by atoms with Crippen molar-refractivity contribution in [1.82, 2.24) is 9.80 Å². The van der Waals surface area contributed by atoms with Gasteiger partial charge in [-0.15, -0.1) is 0 Å². The number of hydrogen-bond donors (Lipinski definition) is 1. The van der Waals surface area contributed by atoms with Crippen LogP contribution >= 0.6 is 0 Å². The molecule has 0 aromatic carbocycles. The maximum atomic E-state index is 12.8. The van der Waals surface area contributed by atoms with Gasteiger partial charge < -0.3 is 19.6 Å². The molecule has 0 atom stereocenters. The minimum absolute atomic E-state index is 0.0426. The van der Waals surface area contributed by atoms with Crippen molar-refractivity contribution < 1.29 is 19.4 Å². The predicted octanol–water partition coefficient (Wildman–Crippen LogP) is 8.29. The summed E-state index contributed by atoms with van der Waals surface area (Å²) >= 11 is 0. The lowest BCUT2D eigenvalue weighted by atomic mass is 10.1. The Kier molecular flexibility index (Phi) is 29.9. The molecule has 0 rings (SSSR count). The van der Waals surface area contributed by atoms with E-state index in [-0.39, 0.29) is 12.6 Å². The van der Waals surface area contributed by atoms with Crippen LogP contribution in [0.25, 0.3) is 0 Å². The SMILES string of the molecule is CCCCCCN(CCCCC)C(=O)CCCCCCCN(CCO)CCCCCCCC(=O)OCCCCC. The van der Waals surface area contributed by atoms with Gasteiger partial charge in [0.25, 0.3) is 0 Å². The second-order valence-electron chi connectivity index (χ2n) is 11.7. The second-order valence-corrected chi connectivity index (χ2v) is 11.7. The summed E-state index contributed by atoms with van der Waals surface area (Å²) in [6.07, 6.45) is 24.1. The lowest BCUT2D eigenvalue weighted by molar-refractivity contribution is -0.144. The van der Waals surface area contributed by atoms with Crippen molar-refractivity contribution in [3.8, 4) is 0 Å². The quantitative estimate of drug-likeness (QED) is 0.0673. The van der Waals surface area contributed by atoms with Crippen LogP contribution in [0.5, 0.6) is 0 Å². The van der Waals surface area contributed by atoms with E-state index in [2.05, 4.69) is 30.6 Å². The number of nitrogens with zero attached hydrogens (tertiary/aromatic N) is 2. The smallest absolute Gasteiger partial charge is 0.305 e. The first-order valence-electron chi connectivity index (χ1n) is 17.4. The van der Waals surface area contributed by atoms with E-state index in [0.717, 1.165) is 110 Å². The average molecular weight is 569 g/mol. The maximum Gasteiger partial charge on any atom is 0.305 e. The first-order chi connectivity index (χ1) is 19.6. The van der Waals surface area contributed by atoms with Crippen LogP contribution in [0, 0.1) is 0 Å². The van der Waals surface area contributed by atoms with Crippen molar-refractivity contribution in [2.24, 2.45) is 0 Å². The Morgan fingerprint density at radius 2 is 0.975 bits per heavy atom. The molecular weight excluding hydrogens is 500 g/mol. The summed E-state index contributed by atoms with van der Waals surface area (Å²) in [6, 6.07) is 0. The predicted molar refractivity (Wildman–Crippen MR) is 170 cm³/mol. The van der Waals surface area contributed by atoms with Gasteiger partial charge in [-0.1, -0.05) is 104 Å². The van der Waals surface area contributed by atoms with E-state index in [1.165, 1.54) is 51.4 Å². The highest BCUT2D eigenvalue weighted by Gasteiger charge is 2.12. The normalized spacial score (nSPS) is 11.3. The van der Waals surface area contributed by atoms with Crippen LogP contribution < -0.4 is 0 Å². The van der Waals surface area contributed by atoms with Gasteiger partial charge in [0.2, 0.25) is 5.91 Å². The molecule has 0 saturated heterocycles. The first kappa shape index (κ1) is 38.9. The molecule has 0 saturated carbocycles. The zero-order chi connectivity index (χ0) is 29.5. The van der Waals surface area contributed by atoms with Gasteiger partial charge in [-0.05, 0) is 58.0 Å². The van der Waals surface area contributed by atoms with Crippen molar-refractivity contribution >= 4 is 11.9 Å². The highest BCUT2D eigenvalue weighted by atomic mass is 16.5. The van der Waals surface area contributed by atoms with Crippen LogP contribution in [0.1, 0.15) is 162 Å². The molecule has 0 fully saturated rings. The molecule has 0 aliphatic rings. The van der Waals surface area contributed by atoms with E-state index in [0.29, 0.717) is 25.4 Å². The Labute approximate surface area is 249 Å². The van der Waals surface area contributed by atoms with Crippen LogP contribution in [0.3, 0.4) is 0 Å². The molecule has 6 heteroatoms. The number of amides is 1. The standard InChI is InChI=1S/C34H68N2O4/c1-4-7-10-22-29-36(28-19-8-5-2)33(38)24-17-13-11-15-20-26-35(30-31-37)27-21-16-12-14-18-25-34(39)40-32-23-9-6-3/h37H,4-32H2,1-3H3. The number of hydrogen-bond acceptors (Lipinski definition) is 5. The van der Waals surface area contributed by atoms with Crippen molar-refractivity contribution in [2.75, 3.05) is 45.9 Å². The Hall–Kier alpha value is -1.14. The van der Waals surface area contributed by atoms with Gasteiger partial charge in [0, 0.05) is 32.5 Å².